The zero-order valence-corrected chi connectivity index (χ0v) is 10.3. The summed E-state index contributed by atoms with van der Waals surface area (Å²) >= 11 is 0. The van der Waals surface area contributed by atoms with Gasteiger partial charge in [0.05, 0.1) is 0 Å². The first-order chi connectivity index (χ1) is 7.38. The molecule has 0 aliphatic carbocycles. The average molecular weight is 212 g/mol. The second kappa shape index (κ2) is 8.12. The van der Waals surface area contributed by atoms with Crippen LogP contribution in [0.2, 0.25) is 0 Å². The van der Waals surface area contributed by atoms with E-state index in [0.29, 0.717) is 0 Å². The van der Waals surface area contributed by atoms with Crippen LogP contribution >= 0.6 is 0 Å². The van der Waals surface area contributed by atoms with Crippen molar-refractivity contribution < 1.29 is 0 Å². The first-order valence-electron chi connectivity index (χ1n) is 6.79. The van der Waals surface area contributed by atoms with E-state index in [9.17, 15) is 0 Å². The van der Waals surface area contributed by atoms with Gasteiger partial charge in [-0.05, 0) is 63.6 Å². The van der Waals surface area contributed by atoms with Gasteiger partial charge in [-0.25, -0.2) is 0 Å². The van der Waals surface area contributed by atoms with E-state index >= 15 is 0 Å². The van der Waals surface area contributed by atoms with Crippen LogP contribution in [0.25, 0.3) is 0 Å². The molecule has 15 heavy (non-hydrogen) atoms. The smallest absolute Gasteiger partial charge is 0.00488 e. The molecule has 90 valence electrons. The van der Waals surface area contributed by atoms with Gasteiger partial charge in [0.1, 0.15) is 0 Å². The zero-order valence-electron chi connectivity index (χ0n) is 10.3. The molecule has 0 bridgehead atoms. The summed E-state index contributed by atoms with van der Waals surface area (Å²) in [6, 6.07) is 0. The van der Waals surface area contributed by atoms with Gasteiger partial charge >= 0.3 is 0 Å². The van der Waals surface area contributed by atoms with E-state index in [1.54, 1.807) is 0 Å². The van der Waals surface area contributed by atoms with Gasteiger partial charge in [-0.2, -0.15) is 0 Å². The fourth-order valence-electron chi connectivity index (χ4n) is 2.92. The van der Waals surface area contributed by atoms with E-state index in [2.05, 4.69) is 12.2 Å². The summed E-state index contributed by atoms with van der Waals surface area (Å²) in [7, 11) is 0. The Kier molecular flexibility index (Phi) is 7.03. The van der Waals surface area contributed by atoms with Crippen LogP contribution in [-0.4, -0.2) is 19.6 Å². The Morgan fingerprint density at radius 1 is 1.07 bits per heavy atom. The monoisotopic (exact) mass is 212 g/mol. The Hall–Kier alpha value is -0.0800. The fourth-order valence-corrected chi connectivity index (χ4v) is 2.92. The standard InChI is InChI=1S/C13H28N2/c1-2-5-12-6-3-10-15-11-4-7-13(12)8-9-14/h12-13,15H,2-11,14H2,1H3. The van der Waals surface area contributed by atoms with Gasteiger partial charge in [-0.15, -0.1) is 0 Å². The van der Waals surface area contributed by atoms with Crippen molar-refractivity contribution in [3.05, 3.63) is 0 Å². The quantitative estimate of drug-likeness (QED) is 0.751. The van der Waals surface area contributed by atoms with Gasteiger partial charge in [0.2, 0.25) is 0 Å². The minimum Gasteiger partial charge on any atom is -0.330 e. The maximum atomic E-state index is 5.73. The van der Waals surface area contributed by atoms with E-state index < -0.39 is 0 Å². The third-order valence-corrected chi connectivity index (χ3v) is 3.72. The van der Waals surface area contributed by atoms with Crippen LogP contribution in [0.4, 0.5) is 0 Å². The normalized spacial score (nSPS) is 29.2. The molecular weight excluding hydrogens is 184 g/mol. The van der Waals surface area contributed by atoms with E-state index in [-0.39, 0.29) is 0 Å². The maximum Gasteiger partial charge on any atom is -0.00488 e. The molecule has 0 spiro atoms. The molecule has 0 aromatic carbocycles. The Balaban J connectivity index is 2.46. The highest BCUT2D eigenvalue weighted by atomic mass is 14.8. The lowest BCUT2D eigenvalue weighted by Gasteiger charge is -2.26. The molecule has 2 heteroatoms. The fraction of sp³-hybridized carbons (Fsp3) is 1.00. The summed E-state index contributed by atoms with van der Waals surface area (Å²) in [5, 5.41) is 3.52. The summed E-state index contributed by atoms with van der Waals surface area (Å²) in [6.07, 6.45) is 9.46. The minimum absolute atomic E-state index is 0.873. The second-order valence-electron chi connectivity index (χ2n) is 4.92. The van der Waals surface area contributed by atoms with Gasteiger partial charge < -0.3 is 11.1 Å². The molecular formula is C13H28N2. The molecule has 1 aliphatic rings. The zero-order chi connectivity index (χ0) is 10.9. The Morgan fingerprint density at radius 2 is 1.67 bits per heavy atom. The molecule has 1 saturated heterocycles. The van der Waals surface area contributed by atoms with Gasteiger partial charge in [0.15, 0.2) is 0 Å². The highest BCUT2D eigenvalue weighted by Crippen LogP contribution is 2.29. The number of hydrogen-bond acceptors (Lipinski definition) is 2. The van der Waals surface area contributed by atoms with Crippen molar-refractivity contribution >= 4 is 0 Å². The minimum atomic E-state index is 0.873. The summed E-state index contributed by atoms with van der Waals surface area (Å²) in [4.78, 5) is 0. The Bertz CT molecular complexity index is 131. The highest BCUT2D eigenvalue weighted by molar-refractivity contribution is 4.73. The van der Waals surface area contributed by atoms with Crippen LogP contribution in [0.15, 0.2) is 0 Å². The first kappa shape index (κ1) is 13.0. The lowest BCUT2D eigenvalue weighted by atomic mass is 9.80. The molecule has 0 amide bonds. The molecule has 0 saturated carbocycles. The molecule has 0 aromatic rings. The third kappa shape index (κ3) is 4.98. The predicted molar refractivity (Wildman–Crippen MR) is 66.9 cm³/mol. The summed E-state index contributed by atoms with van der Waals surface area (Å²) in [5.74, 6) is 1.84. The van der Waals surface area contributed by atoms with Crippen molar-refractivity contribution in [2.24, 2.45) is 17.6 Å². The largest absolute Gasteiger partial charge is 0.330 e. The van der Waals surface area contributed by atoms with E-state index in [0.717, 1.165) is 18.4 Å². The van der Waals surface area contributed by atoms with E-state index in [1.807, 2.05) is 0 Å². The van der Waals surface area contributed by atoms with Crippen LogP contribution in [-0.2, 0) is 0 Å². The van der Waals surface area contributed by atoms with E-state index in [1.165, 1.54) is 58.0 Å². The lowest BCUT2D eigenvalue weighted by molar-refractivity contribution is 0.262. The van der Waals surface area contributed by atoms with Crippen LogP contribution < -0.4 is 11.1 Å². The Morgan fingerprint density at radius 3 is 2.20 bits per heavy atom. The van der Waals surface area contributed by atoms with Crippen molar-refractivity contribution in [1.29, 1.82) is 0 Å². The lowest BCUT2D eigenvalue weighted by Crippen LogP contribution is -2.19. The van der Waals surface area contributed by atoms with Crippen LogP contribution in [0, 0.1) is 11.8 Å². The Labute approximate surface area is 95.0 Å². The summed E-state index contributed by atoms with van der Waals surface area (Å²) < 4.78 is 0. The SMILES string of the molecule is CCCC1CCCNCCCC1CCN. The molecule has 2 nitrogen and oxygen atoms in total. The van der Waals surface area contributed by atoms with Crippen LogP contribution in [0.1, 0.15) is 51.9 Å². The van der Waals surface area contributed by atoms with Gasteiger partial charge in [0.25, 0.3) is 0 Å². The summed E-state index contributed by atoms with van der Waals surface area (Å²) in [5.41, 5.74) is 5.73. The number of hydrogen-bond donors (Lipinski definition) is 2. The van der Waals surface area contributed by atoms with Gasteiger partial charge in [-0.3, -0.25) is 0 Å². The highest BCUT2D eigenvalue weighted by Gasteiger charge is 2.20. The van der Waals surface area contributed by atoms with Crippen molar-refractivity contribution in [1.82, 2.24) is 5.32 Å². The topological polar surface area (TPSA) is 38.0 Å². The third-order valence-electron chi connectivity index (χ3n) is 3.72. The second-order valence-corrected chi connectivity index (χ2v) is 4.92. The maximum absolute atomic E-state index is 5.73. The molecule has 1 fully saturated rings. The molecule has 0 aromatic heterocycles. The van der Waals surface area contributed by atoms with Crippen molar-refractivity contribution in [2.45, 2.75) is 51.9 Å². The number of nitrogens with one attached hydrogen (secondary N) is 1. The number of rotatable bonds is 4. The summed E-state index contributed by atoms with van der Waals surface area (Å²) in [6.45, 7) is 5.61. The van der Waals surface area contributed by atoms with Gasteiger partial charge in [0, 0.05) is 0 Å². The molecule has 1 rings (SSSR count). The van der Waals surface area contributed by atoms with Crippen molar-refractivity contribution in [2.75, 3.05) is 19.6 Å². The molecule has 1 aliphatic heterocycles. The van der Waals surface area contributed by atoms with Crippen LogP contribution in [0.3, 0.4) is 0 Å². The van der Waals surface area contributed by atoms with E-state index in [4.69, 9.17) is 5.73 Å². The molecule has 2 unspecified atom stereocenters. The van der Waals surface area contributed by atoms with Crippen molar-refractivity contribution in [3.63, 3.8) is 0 Å². The molecule has 0 radical (unpaired) electrons. The first-order valence-corrected chi connectivity index (χ1v) is 6.79. The molecule has 1 heterocycles. The van der Waals surface area contributed by atoms with Gasteiger partial charge in [-0.1, -0.05) is 19.8 Å². The number of nitrogens with two attached hydrogens (primary N) is 1. The average Bonchev–Trinajstić information content (AvgIpc) is 2.34. The van der Waals surface area contributed by atoms with Crippen LogP contribution in [0.5, 0.6) is 0 Å². The van der Waals surface area contributed by atoms with Crippen molar-refractivity contribution in [3.8, 4) is 0 Å². The molecule has 3 N–H and O–H groups in total. The molecule has 2 atom stereocenters. The predicted octanol–water partition coefficient (Wildman–Crippen LogP) is 2.53.